The number of aryl methyl sites for hydroxylation is 2. The van der Waals surface area contributed by atoms with Gasteiger partial charge in [-0.15, -0.1) is 0 Å². The van der Waals surface area contributed by atoms with Gasteiger partial charge in [0.1, 0.15) is 5.82 Å². The van der Waals surface area contributed by atoms with Crippen LogP contribution in [0.4, 0.5) is 5.82 Å². The van der Waals surface area contributed by atoms with Gasteiger partial charge in [0.15, 0.2) is 0 Å². The molecule has 0 saturated carbocycles. The Bertz CT molecular complexity index is 565. The molecule has 0 aliphatic rings. The number of halogens is 1. The molecule has 0 amide bonds. The molecule has 3 nitrogen and oxygen atoms in total. The van der Waals surface area contributed by atoms with Crippen molar-refractivity contribution in [3.63, 3.8) is 0 Å². The number of benzene rings is 1. The first-order valence-corrected chi connectivity index (χ1v) is 6.82. The maximum atomic E-state index is 6.13. The third kappa shape index (κ3) is 2.29. The number of hydrogen-bond acceptors (Lipinski definition) is 2. The molecule has 96 valence electrons. The molecule has 1 aromatic heterocycles. The molecule has 4 heteroatoms. The summed E-state index contributed by atoms with van der Waals surface area (Å²) < 4.78 is 2.70. The molecule has 0 saturated heterocycles. The fraction of sp³-hybridized carbons (Fsp3) is 0.357. The number of nitrogens with two attached hydrogens (primary N) is 1. The van der Waals surface area contributed by atoms with Crippen LogP contribution in [0.15, 0.2) is 22.7 Å². The highest BCUT2D eigenvalue weighted by Crippen LogP contribution is 2.31. The zero-order chi connectivity index (χ0) is 13.4. The summed E-state index contributed by atoms with van der Waals surface area (Å²) in [4.78, 5) is 0. The zero-order valence-electron chi connectivity index (χ0n) is 11.2. The number of rotatable bonds is 2. The normalized spacial score (nSPS) is 11.2. The Hall–Kier alpha value is -1.29. The van der Waals surface area contributed by atoms with Crippen LogP contribution < -0.4 is 5.73 Å². The molecule has 1 aromatic carbocycles. The first kappa shape index (κ1) is 13.1. The van der Waals surface area contributed by atoms with Crippen LogP contribution in [-0.2, 0) is 0 Å². The van der Waals surface area contributed by atoms with Crippen molar-refractivity contribution in [1.29, 1.82) is 0 Å². The van der Waals surface area contributed by atoms with Gasteiger partial charge in [-0.25, -0.2) is 4.68 Å². The van der Waals surface area contributed by atoms with Crippen molar-refractivity contribution in [3.8, 4) is 5.69 Å². The number of anilines is 1. The van der Waals surface area contributed by atoms with Crippen molar-refractivity contribution in [2.24, 2.45) is 0 Å². The molecule has 0 aliphatic heterocycles. The van der Waals surface area contributed by atoms with E-state index in [4.69, 9.17) is 5.73 Å². The van der Waals surface area contributed by atoms with E-state index in [0.29, 0.717) is 11.7 Å². The molecular formula is C14H18BrN3. The number of nitrogen functional groups attached to an aromatic ring is 1. The summed E-state index contributed by atoms with van der Waals surface area (Å²) in [5.41, 5.74) is 10.6. The lowest BCUT2D eigenvalue weighted by atomic mass is 10.1. The number of aromatic nitrogens is 2. The van der Waals surface area contributed by atoms with Gasteiger partial charge in [0.25, 0.3) is 0 Å². The average Bonchev–Trinajstić information content (AvgIpc) is 2.55. The molecule has 0 bridgehead atoms. The maximum Gasteiger partial charge on any atom is 0.141 e. The summed E-state index contributed by atoms with van der Waals surface area (Å²) in [6.45, 7) is 8.37. The van der Waals surface area contributed by atoms with Gasteiger partial charge in [0.05, 0.1) is 15.9 Å². The predicted octanol–water partition coefficient (Wildman–Crippen LogP) is 3.96. The highest BCUT2D eigenvalue weighted by atomic mass is 79.9. The highest BCUT2D eigenvalue weighted by molar-refractivity contribution is 9.10. The van der Waals surface area contributed by atoms with Gasteiger partial charge in [-0.1, -0.05) is 19.9 Å². The van der Waals surface area contributed by atoms with Gasteiger partial charge in [-0.05, 0) is 59.0 Å². The summed E-state index contributed by atoms with van der Waals surface area (Å²) in [6.07, 6.45) is 0. The first-order chi connectivity index (χ1) is 8.40. The monoisotopic (exact) mass is 307 g/mol. The fourth-order valence-electron chi connectivity index (χ4n) is 2.07. The minimum absolute atomic E-state index is 0.342. The van der Waals surface area contributed by atoms with Crippen molar-refractivity contribution in [1.82, 2.24) is 9.78 Å². The van der Waals surface area contributed by atoms with E-state index in [0.717, 1.165) is 15.9 Å². The third-order valence-electron chi connectivity index (χ3n) is 2.88. The van der Waals surface area contributed by atoms with E-state index in [9.17, 15) is 0 Å². The van der Waals surface area contributed by atoms with E-state index in [-0.39, 0.29) is 0 Å². The minimum atomic E-state index is 0.342. The van der Waals surface area contributed by atoms with Crippen LogP contribution in [0, 0.1) is 13.8 Å². The lowest BCUT2D eigenvalue weighted by Crippen LogP contribution is -2.03. The molecule has 0 unspecified atom stereocenters. The topological polar surface area (TPSA) is 43.8 Å². The van der Waals surface area contributed by atoms with Gasteiger partial charge >= 0.3 is 0 Å². The Labute approximate surface area is 116 Å². The van der Waals surface area contributed by atoms with E-state index in [1.165, 1.54) is 11.1 Å². The second kappa shape index (κ2) is 4.76. The predicted molar refractivity (Wildman–Crippen MR) is 79.2 cm³/mol. The minimum Gasteiger partial charge on any atom is -0.383 e. The smallest absolute Gasteiger partial charge is 0.141 e. The molecule has 0 radical (unpaired) electrons. The van der Waals surface area contributed by atoms with Gasteiger partial charge < -0.3 is 5.73 Å². The lowest BCUT2D eigenvalue weighted by molar-refractivity contribution is 0.768. The maximum absolute atomic E-state index is 6.13. The van der Waals surface area contributed by atoms with Crippen LogP contribution in [0.5, 0.6) is 0 Å². The van der Waals surface area contributed by atoms with Gasteiger partial charge in [-0.3, -0.25) is 0 Å². The number of hydrogen-bond donors (Lipinski definition) is 1. The van der Waals surface area contributed by atoms with Gasteiger partial charge in [0, 0.05) is 0 Å². The van der Waals surface area contributed by atoms with E-state index in [2.05, 4.69) is 66.9 Å². The molecule has 1 heterocycles. The molecule has 0 aliphatic carbocycles. The lowest BCUT2D eigenvalue weighted by Gasteiger charge is -2.07. The van der Waals surface area contributed by atoms with E-state index in [1.54, 1.807) is 4.68 Å². The zero-order valence-corrected chi connectivity index (χ0v) is 12.7. The molecule has 0 atom stereocenters. The van der Waals surface area contributed by atoms with Crippen molar-refractivity contribution < 1.29 is 0 Å². The standard InChI is InChI=1S/C14H18BrN3/c1-8(2)13-12(15)14(16)18(17-13)11-6-9(3)5-10(4)7-11/h5-8H,16H2,1-4H3. The van der Waals surface area contributed by atoms with E-state index < -0.39 is 0 Å². The average molecular weight is 308 g/mol. The first-order valence-electron chi connectivity index (χ1n) is 6.02. The quantitative estimate of drug-likeness (QED) is 0.912. The molecule has 2 rings (SSSR count). The Morgan fingerprint density at radius 2 is 1.72 bits per heavy atom. The van der Waals surface area contributed by atoms with Crippen LogP contribution >= 0.6 is 15.9 Å². The van der Waals surface area contributed by atoms with Gasteiger partial charge in [-0.2, -0.15) is 5.10 Å². The summed E-state index contributed by atoms with van der Waals surface area (Å²) in [7, 11) is 0. The highest BCUT2D eigenvalue weighted by Gasteiger charge is 2.16. The van der Waals surface area contributed by atoms with Crippen molar-refractivity contribution >= 4 is 21.7 Å². The number of nitrogens with zero attached hydrogens (tertiary/aromatic N) is 2. The molecule has 18 heavy (non-hydrogen) atoms. The molecule has 0 fully saturated rings. The molecular weight excluding hydrogens is 290 g/mol. The molecule has 2 aromatic rings. The van der Waals surface area contributed by atoms with Crippen molar-refractivity contribution in [3.05, 3.63) is 39.5 Å². The van der Waals surface area contributed by atoms with Crippen LogP contribution in [0.3, 0.4) is 0 Å². The second-order valence-electron chi connectivity index (χ2n) is 5.00. The van der Waals surface area contributed by atoms with Crippen LogP contribution in [0.25, 0.3) is 5.69 Å². The van der Waals surface area contributed by atoms with E-state index >= 15 is 0 Å². The third-order valence-corrected chi connectivity index (χ3v) is 3.70. The SMILES string of the molecule is Cc1cc(C)cc(-n2nc(C(C)C)c(Br)c2N)c1. The van der Waals surface area contributed by atoms with Crippen LogP contribution in [0.2, 0.25) is 0 Å². The summed E-state index contributed by atoms with van der Waals surface area (Å²) >= 11 is 3.53. The fourth-order valence-corrected chi connectivity index (χ4v) is 2.77. The Balaban J connectivity index is 2.60. The van der Waals surface area contributed by atoms with Gasteiger partial charge in [0.2, 0.25) is 0 Å². The summed E-state index contributed by atoms with van der Waals surface area (Å²) in [5, 5.41) is 4.61. The van der Waals surface area contributed by atoms with E-state index in [1.807, 2.05) is 0 Å². The van der Waals surface area contributed by atoms with Crippen molar-refractivity contribution in [2.45, 2.75) is 33.6 Å². The van der Waals surface area contributed by atoms with Crippen LogP contribution in [0.1, 0.15) is 36.6 Å². The summed E-state index contributed by atoms with van der Waals surface area (Å²) in [5.74, 6) is 0.998. The Morgan fingerprint density at radius 1 is 1.17 bits per heavy atom. The van der Waals surface area contributed by atoms with Crippen LogP contribution in [-0.4, -0.2) is 9.78 Å². The largest absolute Gasteiger partial charge is 0.383 e. The second-order valence-corrected chi connectivity index (χ2v) is 5.79. The Morgan fingerprint density at radius 3 is 2.17 bits per heavy atom. The molecule has 2 N–H and O–H groups in total. The Kier molecular flexibility index (Phi) is 3.48. The molecule has 0 spiro atoms. The summed E-state index contributed by atoms with van der Waals surface area (Å²) in [6, 6.07) is 6.32. The van der Waals surface area contributed by atoms with Crippen molar-refractivity contribution in [2.75, 3.05) is 5.73 Å².